The van der Waals surface area contributed by atoms with E-state index in [-0.39, 0.29) is 5.75 Å². The average Bonchev–Trinajstić information content (AvgIpc) is 2.13. The van der Waals surface area contributed by atoms with Crippen molar-refractivity contribution in [2.45, 2.75) is 32.2 Å². The van der Waals surface area contributed by atoms with E-state index in [1.54, 1.807) is 0 Å². The number of hydrogen-bond donors (Lipinski definition) is 1. The number of aryl methyl sites for hydroxylation is 2. The second kappa shape index (κ2) is 5.11. The Morgan fingerprint density at radius 3 is 2.60 bits per heavy atom. The van der Waals surface area contributed by atoms with Crippen molar-refractivity contribution >= 4 is 17.7 Å². The number of aromatic nitrogens is 2. The van der Waals surface area contributed by atoms with Gasteiger partial charge < -0.3 is 5.11 Å². The molecule has 0 unspecified atom stereocenters. The van der Waals surface area contributed by atoms with Crippen LogP contribution in [0.25, 0.3) is 0 Å². The Balaban J connectivity index is 2.98. The van der Waals surface area contributed by atoms with Gasteiger partial charge in [-0.1, -0.05) is 18.7 Å². The Morgan fingerprint density at radius 1 is 1.40 bits per heavy atom. The summed E-state index contributed by atoms with van der Waals surface area (Å²) in [5.74, 6) is -0.0864. The molecule has 0 aliphatic carbocycles. The quantitative estimate of drug-likeness (QED) is 0.627. The first kappa shape index (κ1) is 12.0. The highest BCUT2D eigenvalue weighted by Crippen LogP contribution is 2.22. The summed E-state index contributed by atoms with van der Waals surface area (Å²) in [4.78, 5) is 19.0. The molecule has 0 aliphatic rings. The van der Waals surface area contributed by atoms with E-state index in [1.165, 1.54) is 11.8 Å². The van der Waals surface area contributed by atoms with Crippen molar-refractivity contribution < 1.29 is 9.90 Å². The van der Waals surface area contributed by atoms with Crippen molar-refractivity contribution in [1.82, 2.24) is 9.97 Å². The van der Waals surface area contributed by atoms with Gasteiger partial charge in [0.1, 0.15) is 10.9 Å². The van der Waals surface area contributed by atoms with E-state index in [4.69, 9.17) is 5.11 Å². The lowest BCUT2D eigenvalue weighted by Gasteiger charge is -2.08. The monoisotopic (exact) mass is 226 g/mol. The molecule has 0 saturated carbocycles. The van der Waals surface area contributed by atoms with Crippen molar-refractivity contribution in [1.29, 1.82) is 0 Å². The van der Waals surface area contributed by atoms with Crippen molar-refractivity contribution in [3.8, 4) is 0 Å². The predicted molar refractivity (Wildman–Crippen MR) is 59.2 cm³/mol. The third kappa shape index (κ3) is 3.20. The van der Waals surface area contributed by atoms with Gasteiger partial charge in [0, 0.05) is 11.3 Å². The summed E-state index contributed by atoms with van der Waals surface area (Å²) in [5.41, 5.74) is 1.99. The minimum absolute atomic E-state index is 0.0445. The molecule has 0 amide bonds. The Bertz CT molecular complexity index is 380. The maximum absolute atomic E-state index is 10.5. The second-order valence-corrected chi connectivity index (χ2v) is 4.14. The summed E-state index contributed by atoms with van der Waals surface area (Å²) in [7, 11) is 0. The minimum atomic E-state index is -0.823. The molecular weight excluding hydrogens is 212 g/mol. The van der Waals surface area contributed by atoms with Gasteiger partial charge in [0.15, 0.2) is 0 Å². The van der Waals surface area contributed by atoms with Crippen LogP contribution in [-0.4, -0.2) is 26.8 Å². The Morgan fingerprint density at radius 2 is 2.07 bits per heavy atom. The molecule has 0 saturated heterocycles. The molecule has 0 atom stereocenters. The summed E-state index contributed by atoms with van der Waals surface area (Å²) in [5, 5.41) is 9.41. The molecule has 1 aromatic heterocycles. The van der Waals surface area contributed by atoms with Gasteiger partial charge in [-0.2, -0.15) is 0 Å². The van der Waals surface area contributed by atoms with E-state index < -0.39 is 5.97 Å². The van der Waals surface area contributed by atoms with Gasteiger partial charge in [0.05, 0.1) is 5.75 Å². The first-order valence-electron chi connectivity index (χ1n) is 4.73. The number of rotatable bonds is 4. The fourth-order valence-electron chi connectivity index (χ4n) is 1.36. The average molecular weight is 226 g/mol. The molecule has 5 heteroatoms. The highest BCUT2D eigenvalue weighted by molar-refractivity contribution is 7.99. The van der Waals surface area contributed by atoms with Gasteiger partial charge in [0.2, 0.25) is 0 Å². The van der Waals surface area contributed by atoms with E-state index >= 15 is 0 Å². The van der Waals surface area contributed by atoms with E-state index in [1.807, 2.05) is 20.8 Å². The zero-order valence-corrected chi connectivity index (χ0v) is 9.89. The topological polar surface area (TPSA) is 63.1 Å². The molecule has 0 radical (unpaired) electrons. The third-order valence-corrected chi connectivity index (χ3v) is 2.98. The predicted octanol–water partition coefficient (Wildman–Crippen LogP) is 1.83. The number of carboxylic acid groups (broad SMARTS) is 1. The molecule has 1 N–H and O–H groups in total. The van der Waals surface area contributed by atoms with Crippen LogP contribution in [0.1, 0.15) is 24.0 Å². The maximum Gasteiger partial charge on any atom is 0.313 e. The van der Waals surface area contributed by atoms with Crippen LogP contribution in [0, 0.1) is 13.8 Å². The van der Waals surface area contributed by atoms with Crippen LogP contribution >= 0.6 is 11.8 Å². The van der Waals surface area contributed by atoms with Crippen molar-refractivity contribution in [3.05, 3.63) is 17.1 Å². The number of carbonyl (C=O) groups is 1. The van der Waals surface area contributed by atoms with E-state index in [9.17, 15) is 4.79 Å². The summed E-state index contributed by atoms with van der Waals surface area (Å²) in [6.07, 6.45) is 0.827. The smallest absolute Gasteiger partial charge is 0.313 e. The molecule has 0 spiro atoms. The van der Waals surface area contributed by atoms with Gasteiger partial charge in [-0.05, 0) is 20.3 Å². The first-order chi connectivity index (χ1) is 7.04. The first-order valence-corrected chi connectivity index (χ1v) is 5.71. The maximum atomic E-state index is 10.5. The van der Waals surface area contributed by atoms with Gasteiger partial charge in [-0.3, -0.25) is 4.79 Å². The highest BCUT2D eigenvalue weighted by Gasteiger charge is 2.10. The molecule has 0 aromatic carbocycles. The summed E-state index contributed by atoms with van der Waals surface area (Å²) in [6.45, 7) is 5.77. The molecule has 1 rings (SSSR count). The molecule has 1 aromatic rings. The Kier molecular flexibility index (Phi) is 4.08. The Labute approximate surface area is 93.1 Å². The van der Waals surface area contributed by atoms with Crippen LogP contribution in [-0.2, 0) is 11.2 Å². The number of aliphatic carboxylic acids is 1. The van der Waals surface area contributed by atoms with Crippen molar-refractivity contribution in [3.63, 3.8) is 0 Å². The third-order valence-electron chi connectivity index (χ3n) is 1.97. The van der Waals surface area contributed by atoms with E-state index in [2.05, 4.69) is 9.97 Å². The normalized spacial score (nSPS) is 10.3. The van der Waals surface area contributed by atoms with Gasteiger partial charge >= 0.3 is 5.97 Å². The summed E-state index contributed by atoms with van der Waals surface area (Å²) >= 11 is 1.26. The van der Waals surface area contributed by atoms with Crippen LogP contribution < -0.4 is 0 Å². The van der Waals surface area contributed by atoms with Gasteiger partial charge in [0.25, 0.3) is 0 Å². The van der Waals surface area contributed by atoms with E-state index in [0.29, 0.717) is 5.82 Å². The zero-order chi connectivity index (χ0) is 11.4. The van der Waals surface area contributed by atoms with Crippen molar-refractivity contribution in [2.24, 2.45) is 0 Å². The lowest BCUT2D eigenvalue weighted by molar-refractivity contribution is -0.133. The number of nitrogens with zero attached hydrogens (tertiary/aromatic N) is 2. The van der Waals surface area contributed by atoms with Crippen molar-refractivity contribution in [2.75, 3.05) is 5.75 Å². The molecule has 0 fully saturated rings. The second-order valence-electron chi connectivity index (χ2n) is 3.18. The zero-order valence-electron chi connectivity index (χ0n) is 9.07. The number of hydrogen-bond acceptors (Lipinski definition) is 4. The molecule has 82 valence electrons. The Hall–Kier alpha value is -1.10. The largest absolute Gasteiger partial charge is 0.481 e. The fourth-order valence-corrected chi connectivity index (χ4v) is 2.28. The number of carboxylic acids is 1. The SMILES string of the molecule is CCc1c(C)nc(C)nc1SCC(=O)O. The molecule has 0 bridgehead atoms. The highest BCUT2D eigenvalue weighted by atomic mass is 32.2. The van der Waals surface area contributed by atoms with Crippen LogP contribution in [0.4, 0.5) is 0 Å². The van der Waals surface area contributed by atoms with Crippen LogP contribution in [0.2, 0.25) is 0 Å². The minimum Gasteiger partial charge on any atom is -0.481 e. The molecular formula is C10H14N2O2S. The molecule has 15 heavy (non-hydrogen) atoms. The van der Waals surface area contributed by atoms with Crippen LogP contribution in [0.15, 0.2) is 5.03 Å². The fraction of sp³-hybridized carbons (Fsp3) is 0.500. The molecule has 0 aliphatic heterocycles. The lowest BCUT2D eigenvalue weighted by Crippen LogP contribution is -2.04. The molecule has 1 heterocycles. The van der Waals surface area contributed by atoms with E-state index in [0.717, 1.165) is 22.7 Å². The van der Waals surface area contributed by atoms with Gasteiger partial charge in [-0.15, -0.1) is 0 Å². The van der Waals surface area contributed by atoms with Gasteiger partial charge in [-0.25, -0.2) is 9.97 Å². The summed E-state index contributed by atoms with van der Waals surface area (Å²) in [6, 6.07) is 0. The lowest BCUT2D eigenvalue weighted by atomic mass is 10.2. The van der Waals surface area contributed by atoms with Crippen LogP contribution in [0.3, 0.4) is 0 Å². The number of thioether (sulfide) groups is 1. The van der Waals surface area contributed by atoms with Crippen LogP contribution in [0.5, 0.6) is 0 Å². The summed E-state index contributed by atoms with van der Waals surface area (Å²) < 4.78 is 0. The molecule has 4 nitrogen and oxygen atoms in total. The standard InChI is InChI=1S/C10H14N2O2S/c1-4-8-6(2)11-7(3)12-10(8)15-5-9(13)14/h4-5H2,1-3H3,(H,13,14).